The first-order valence-corrected chi connectivity index (χ1v) is 18.8. The lowest BCUT2D eigenvalue weighted by Gasteiger charge is -2.30. The molecule has 1 unspecified atom stereocenters. The molecular formula is C47H54F2N6O6. The molecule has 0 radical (unpaired) electrons. The molecule has 2 amide bonds. The van der Waals surface area contributed by atoms with Crippen molar-refractivity contribution in [2.45, 2.75) is 62.1 Å². The minimum absolute atomic E-state index is 0. The van der Waals surface area contributed by atoms with Crippen LogP contribution in [0.25, 0.3) is 0 Å². The van der Waals surface area contributed by atoms with E-state index in [0.717, 1.165) is 35.6 Å². The van der Waals surface area contributed by atoms with Gasteiger partial charge in [-0.05, 0) is 96.8 Å². The number of carbonyl (C=O) groups is 4. The van der Waals surface area contributed by atoms with E-state index in [1.807, 2.05) is 30.5 Å². The number of hydrogen-bond acceptors (Lipinski definition) is 10. The normalized spacial score (nSPS) is 16.6. The van der Waals surface area contributed by atoms with Gasteiger partial charge in [0, 0.05) is 51.8 Å². The number of hydrogen-bond donors (Lipinski definition) is 0. The maximum atomic E-state index is 13.6. The molecule has 0 N–H and O–H groups in total. The summed E-state index contributed by atoms with van der Waals surface area (Å²) >= 11 is 0. The van der Waals surface area contributed by atoms with Crippen molar-refractivity contribution in [3.8, 4) is 0 Å². The Morgan fingerprint density at radius 1 is 0.689 bits per heavy atom. The number of rotatable bonds is 8. The lowest BCUT2D eigenvalue weighted by atomic mass is 9.95. The molecule has 0 spiro atoms. The molecule has 1 atom stereocenters. The Bertz CT molecular complexity index is 2360. The summed E-state index contributed by atoms with van der Waals surface area (Å²) in [7, 11) is 2.71. The number of hydrazone groups is 2. The van der Waals surface area contributed by atoms with E-state index in [-0.39, 0.29) is 63.6 Å². The number of piperidine rings is 1. The van der Waals surface area contributed by atoms with Crippen LogP contribution in [0.5, 0.6) is 0 Å². The molecule has 8 rings (SSSR count). The fourth-order valence-electron chi connectivity index (χ4n) is 7.21. The second-order valence-electron chi connectivity index (χ2n) is 14.4. The summed E-state index contributed by atoms with van der Waals surface area (Å²) in [4.78, 5) is 53.2. The first kappa shape index (κ1) is 47.1. The molecule has 0 aliphatic carbocycles. The number of halogens is 2. The van der Waals surface area contributed by atoms with Gasteiger partial charge < -0.3 is 14.4 Å². The molecule has 61 heavy (non-hydrogen) atoms. The largest absolute Gasteiger partial charge is 0.465 e. The topological polar surface area (TPSA) is 124 Å². The molecule has 0 aromatic heterocycles. The van der Waals surface area contributed by atoms with Crippen LogP contribution in [0, 0.1) is 31.4 Å². The van der Waals surface area contributed by atoms with Crippen LogP contribution >= 0.6 is 0 Å². The summed E-state index contributed by atoms with van der Waals surface area (Å²) in [5.41, 5.74) is 7.40. The van der Waals surface area contributed by atoms with Crippen LogP contribution in [-0.4, -0.2) is 78.8 Å². The number of benzene rings is 4. The van der Waals surface area contributed by atoms with Crippen molar-refractivity contribution in [1.82, 2.24) is 9.80 Å². The average molecular weight is 837 g/mol. The number of esters is 2. The number of methoxy groups -OCH3 is 2. The van der Waals surface area contributed by atoms with Crippen LogP contribution in [0.3, 0.4) is 0 Å². The van der Waals surface area contributed by atoms with Crippen molar-refractivity contribution in [3.05, 3.63) is 142 Å². The first-order valence-electron chi connectivity index (χ1n) is 18.8. The van der Waals surface area contributed by atoms with Crippen LogP contribution in [-0.2, 0) is 32.2 Å². The maximum Gasteiger partial charge on any atom is 0.337 e. The van der Waals surface area contributed by atoms with Gasteiger partial charge >= 0.3 is 11.9 Å². The van der Waals surface area contributed by atoms with E-state index >= 15 is 0 Å². The van der Waals surface area contributed by atoms with Crippen molar-refractivity contribution in [1.29, 1.82) is 0 Å². The zero-order valence-corrected chi connectivity index (χ0v) is 32.6. The van der Waals surface area contributed by atoms with Gasteiger partial charge in [-0.1, -0.05) is 46.5 Å². The molecule has 4 aliphatic heterocycles. The summed E-state index contributed by atoms with van der Waals surface area (Å²) in [5, 5.41) is 11.7. The molecule has 1 fully saturated rings. The Morgan fingerprint density at radius 3 is 1.74 bits per heavy atom. The standard InChI is InChI=1S/C22H22FN3O3.C22H20FN3O3.3CH4/c2*1-14-11-17(7-8-19(14)23)26-21(27)18-13-25(10-9-20(18)24-26)12-15-3-5-16(6-4-15)22(28)29-2;;;/h3-8,11,18H,9-10,12-13H2,1-2H3;3-8,11,13H,9-10,12H2,1-2H3;3*1H4. The van der Waals surface area contributed by atoms with E-state index in [2.05, 4.69) is 20.0 Å². The minimum Gasteiger partial charge on any atom is -0.465 e. The monoisotopic (exact) mass is 836 g/mol. The van der Waals surface area contributed by atoms with Gasteiger partial charge in [-0.15, -0.1) is 0 Å². The number of carbonyl (C=O) groups excluding carboxylic acids is 4. The highest BCUT2D eigenvalue weighted by atomic mass is 19.1. The number of fused-ring (bicyclic) bond motifs is 2. The first-order chi connectivity index (χ1) is 27.9. The second kappa shape index (κ2) is 20.1. The number of amides is 2. The van der Waals surface area contributed by atoms with Gasteiger partial charge in [-0.2, -0.15) is 15.2 Å². The third kappa shape index (κ3) is 10.3. The average Bonchev–Trinajstić information content (AvgIpc) is 3.75. The predicted octanol–water partition coefficient (Wildman–Crippen LogP) is 8.47. The van der Waals surface area contributed by atoms with Gasteiger partial charge in [0.05, 0.1) is 59.6 Å². The molecule has 4 aliphatic rings. The Hall–Kier alpha value is -6.54. The fraction of sp³-hybridized carbons (Fsp3) is 0.319. The molecule has 4 aromatic carbocycles. The SMILES string of the molecule is C.C.C.COC(=O)c1ccc(CN2C=C3C(=O)N(c4ccc(F)c(C)c4)N=C3CC2)cc1.COC(=O)c1ccc(CN2CCC3=NN(c4ccc(F)c(C)c4)C(=O)C3C2)cc1. The van der Waals surface area contributed by atoms with Gasteiger partial charge in [0.15, 0.2) is 0 Å². The third-order valence-electron chi connectivity index (χ3n) is 10.5. The van der Waals surface area contributed by atoms with Crippen LogP contribution < -0.4 is 10.0 Å². The maximum absolute atomic E-state index is 13.6. The lowest BCUT2D eigenvalue weighted by Crippen LogP contribution is -2.43. The minimum atomic E-state index is -0.370. The number of aryl methyl sites for hydroxylation is 2. The Morgan fingerprint density at radius 2 is 1.21 bits per heavy atom. The van der Waals surface area contributed by atoms with Crippen molar-refractivity contribution in [3.63, 3.8) is 0 Å². The number of ether oxygens (including phenoxy) is 2. The Balaban J connectivity index is 0.000000256. The summed E-state index contributed by atoms with van der Waals surface area (Å²) in [6, 6.07) is 23.6. The molecule has 14 heteroatoms. The van der Waals surface area contributed by atoms with Crippen LogP contribution in [0.4, 0.5) is 20.2 Å². The Labute approximate surface area is 356 Å². The lowest BCUT2D eigenvalue weighted by molar-refractivity contribution is -0.120. The van der Waals surface area contributed by atoms with Crippen molar-refractivity contribution < 1.29 is 37.4 Å². The van der Waals surface area contributed by atoms with Gasteiger partial charge in [-0.3, -0.25) is 14.5 Å². The van der Waals surface area contributed by atoms with Gasteiger partial charge in [0.2, 0.25) is 0 Å². The molecule has 4 heterocycles. The summed E-state index contributed by atoms with van der Waals surface area (Å²) in [6.45, 7) is 6.75. The predicted molar refractivity (Wildman–Crippen MR) is 234 cm³/mol. The molecule has 4 aromatic rings. The molecule has 0 bridgehead atoms. The third-order valence-corrected chi connectivity index (χ3v) is 10.5. The zero-order valence-electron chi connectivity index (χ0n) is 32.6. The van der Waals surface area contributed by atoms with Crippen molar-refractivity contribution in [2.24, 2.45) is 16.1 Å². The van der Waals surface area contributed by atoms with Crippen LogP contribution in [0.2, 0.25) is 0 Å². The van der Waals surface area contributed by atoms with E-state index in [1.54, 1.807) is 62.4 Å². The smallest absolute Gasteiger partial charge is 0.337 e. The molecule has 322 valence electrons. The highest BCUT2D eigenvalue weighted by Gasteiger charge is 2.40. The van der Waals surface area contributed by atoms with Crippen LogP contribution in [0.15, 0.2) is 107 Å². The quantitative estimate of drug-likeness (QED) is 0.162. The fourth-order valence-corrected chi connectivity index (χ4v) is 7.21. The highest BCUT2D eigenvalue weighted by molar-refractivity contribution is 6.30. The zero-order chi connectivity index (χ0) is 41.1. The van der Waals surface area contributed by atoms with E-state index in [9.17, 15) is 28.0 Å². The van der Waals surface area contributed by atoms with E-state index in [0.29, 0.717) is 71.7 Å². The highest BCUT2D eigenvalue weighted by Crippen LogP contribution is 2.31. The Kier molecular flexibility index (Phi) is 15.6. The molecular weight excluding hydrogens is 783 g/mol. The summed E-state index contributed by atoms with van der Waals surface area (Å²) < 4.78 is 36.5. The van der Waals surface area contributed by atoms with Gasteiger partial charge in [0.1, 0.15) is 11.6 Å². The van der Waals surface area contributed by atoms with Gasteiger partial charge in [0.25, 0.3) is 11.8 Å². The molecule has 0 saturated carbocycles. The van der Waals surface area contributed by atoms with Crippen LogP contribution in [0.1, 0.15) is 78.1 Å². The summed E-state index contributed by atoms with van der Waals surface area (Å²) in [6.07, 6.45) is 3.19. The second-order valence-corrected chi connectivity index (χ2v) is 14.4. The molecule has 12 nitrogen and oxygen atoms in total. The van der Waals surface area contributed by atoms with E-state index in [4.69, 9.17) is 9.47 Å². The number of anilines is 2. The summed E-state index contributed by atoms with van der Waals surface area (Å²) in [5.74, 6) is -1.89. The number of likely N-dealkylation sites (tertiary alicyclic amines) is 1. The van der Waals surface area contributed by atoms with E-state index < -0.39 is 0 Å². The van der Waals surface area contributed by atoms with Crippen molar-refractivity contribution >= 4 is 46.6 Å². The van der Waals surface area contributed by atoms with Gasteiger partial charge in [-0.25, -0.2) is 23.4 Å². The number of nitrogens with zero attached hydrogens (tertiary/aromatic N) is 6. The van der Waals surface area contributed by atoms with E-state index in [1.165, 1.54) is 36.4 Å². The van der Waals surface area contributed by atoms with Crippen molar-refractivity contribution in [2.75, 3.05) is 43.9 Å². The molecule has 1 saturated heterocycles.